The number of furan rings is 2. The lowest BCUT2D eigenvalue weighted by Crippen LogP contribution is -2.61. The van der Waals surface area contributed by atoms with Crippen molar-refractivity contribution in [2.45, 2.75) is 77.6 Å². The molecule has 0 fully saturated rings. The number of para-hydroxylation sites is 1. The molecule has 3 aromatic heterocycles. The van der Waals surface area contributed by atoms with Crippen molar-refractivity contribution < 1.29 is 8.83 Å². The van der Waals surface area contributed by atoms with Gasteiger partial charge in [-0.15, -0.1) is 11.3 Å². The van der Waals surface area contributed by atoms with E-state index in [9.17, 15) is 0 Å². The average Bonchev–Trinajstić information content (AvgIpc) is 4.03. The molecule has 0 amide bonds. The van der Waals surface area contributed by atoms with E-state index in [0.717, 1.165) is 96.5 Å². The van der Waals surface area contributed by atoms with E-state index in [4.69, 9.17) is 8.83 Å². The Bertz CT molecular complexity index is 3920. The van der Waals surface area contributed by atoms with Crippen LogP contribution in [0.3, 0.4) is 0 Å². The Hall–Kier alpha value is -7.02. The summed E-state index contributed by atoms with van der Waals surface area (Å²) in [5.41, 5.74) is 19.3. The lowest BCUT2D eigenvalue weighted by atomic mass is 9.45. The van der Waals surface area contributed by atoms with Crippen LogP contribution in [0.15, 0.2) is 167 Å². The van der Waals surface area contributed by atoms with E-state index in [1.165, 1.54) is 47.9 Å². The molecule has 8 aromatic carbocycles. The number of nitrogens with zero attached hydrogens (tertiary/aromatic N) is 2. The largest absolute Gasteiger partial charge is 0.466 e. The highest BCUT2D eigenvalue weighted by Gasteiger charge is 2.50. The van der Waals surface area contributed by atoms with Crippen molar-refractivity contribution in [3.63, 3.8) is 0 Å². The Morgan fingerprint density at radius 1 is 0.544 bits per heavy atom. The molecule has 11 aromatic rings. The molecule has 0 radical (unpaired) electrons. The molecule has 0 saturated carbocycles. The fraction of sp³-hybridized carbons (Fsp3) is 0.194. The number of hydrogen-bond acceptors (Lipinski definition) is 5. The Morgan fingerprint density at radius 3 is 2.04 bits per heavy atom. The first-order valence-corrected chi connectivity index (χ1v) is 25.0. The SMILES string of the molecule is CC(C)(C)c1ccc(N2B3c4oc5ccc(-c6ccccc6)cc5c4N(c4ccc5c(c4)C(C)(C)CCC5(C)C)c4cc5c(oc6ccccc65)c(c43)-c3cc4c(cc32)sc2ccccc24)cc1. The number of rotatable bonds is 3. The number of hydrogen-bond donors (Lipinski definition) is 0. The van der Waals surface area contributed by atoms with Gasteiger partial charge in [0.2, 0.25) is 0 Å². The van der Waals surface area contributed by atoms with Gasteiger partial charge in [0.15, 0.2) is 0 Å². The maximum absolute atomic E-state index is 7.51. The third-order valence-electron chi connectivity index (χ3n) is 15.9. The van der Waals surface area contributed by atoms with Crippen LogP contribution in [0.4, 0.5) is 28.4 Å². The normalized spacial score (nSPS) is 15.9. The zero-order valence-electron chi connectivity index (χ0n) is 39.6. The van der Waals surface area contributed by atoms with Crippen LogP contribution in [0, 0.1) is 0 Å². The summed E-state index contributed by atoms with van der Waals surface area (Å²) >= 11 is 1.87. The fourth-order valence-corrected chi connectivity index (χ4v) is 13.2. The molecule has 330 valence electrons. The van der Waals surface area contributed by atoms with E-state index in [2.05, 4.69) is 216 Å². The zero-order chi connectivity index (χ0) is 46.0. The van der Waals surface area contributed by atoms with Crippen LogP contribution in [-0.4, -0.2) is 6.85 Å². The van der Waals surface area contributed by atoms with Gasteiger partial charge < -0.3 is 18.5 Å². The summed E-state index contributed by atoms with van der Waals surface area (Å²) in [5.74, 6) is 0. The van der Waals surface area contributed by atoms with Crippen LogP contribution in [0.5, 0.6) is 0 Å². The maximum Gasteiger partial charge on any atom is 0.376 e. The van der Waals surface area contributed by atoms with Gasteiger partial charge in [0.05, 0.1) is 5.69 Å². The summed E-state index contributed by atoms with van der Waals surface area (Å²) < 4.78 is 17.2. The van der Waals surface area contributed by atoms with Crippen LogP contribution < -0.4 is 20.8 Å². The third-order valence-corrected chi connectivity index (χ3v) is 17.0. The second kappa shape index (κ2) is 13.8. The second-order valence-electron chi connectivity index (χ2n) is 21.9. The molecule has 68 heavy (non-hydrogen) atoms. The summed E-state index contributed by atoms with van der Waals surface area (Å²) in [4.78, 5) is 5.15. The fourth-order valence-electron chi connectivity index (χ4n) is 12.1. The smallest absolute Gasteiger partial charge is 0.376 e. The third kappa shape index (κ3) is 5.61. The van der Waals surface area contributed by atoms with E-state index in [-0.39, 0.29) is 23.1 Å². The molecule has 3 aliphatic rings. The molecule has 5 heterocycles. The topological polar surface area (TPSA) is 32.8 Å². The first-order valence-electron chi connectivity index (χ1n) is 24.2. The van der Waals surface area contributed by atoms with Crippen molar-refractivity contribution in [2.75, 3.05) is 9.71 Å². The Kier molecular flexibility index (Phi) is 8.13. The molecule has 0 N–H and O–H groups in total. The van der Waals surface area contributed by atoms with Crippen molar-refractivity contribution in [2.24, 2.45) is 0 Å². The minimum atomic E-state index is -0.329. The first-order chi connectivity index (χ1) is 32.8. The number of fused-ring (bicyclic) bond motifs is 14. The zero-order valence-corrected chi connectivity index (χ0v) is 40.4. The maximum atomic E-state index is 7.51. The molecule has 0 spiro atoms. The van der Waals surface area contributed by atoms with Crippen LogP contribution in [-0.2, 0) is 16.2 Å². The summed E-state index contributed by atoms with van der Waals surface area (Å²) in [5, 5.41) is 5.86. The molecule has 0 bridgehead atoms. The average molecular weight is 899 g/mol. The van der Waals surface area contributed by atoms with Crippen LogP contribution in [0.1, 0.15) is 78.0 Å². The van der Waals surface area contributed by atoms with Gasteiger partial charge in [-0.05, 0) is 129 Å². The molecule has 2 aliphatic heterocycles. The van der Waals surface area contributed by atoms with Gasteiger partial charge in [-0.3, -0.25) is 0 Å². The van der Waals surface area contributed by atoms with Crippen LogP contribution in [0.25, 0.3) is 75.3 Å². The predicted octanol–water partition coefficient (Wildman–Crippen LogP) is 16.7. The van der Waals surface area contributed by atoms with E-state index in [0.29, 0.717) is 0 Å². The minimum absolute atomic E-state index is 0.000599. The van der Waals surface area contributed by atoms with Crippen molar-refractivity contribution in [1.29, 1.82) is 0 Å². The molecular weight excluding hydrogens is 848 g/mol. The van der Waals surface area contributed by atoms with Crippen molar-refractivity contribution in [3.8, 4) is 22.3 Å². The monoisotopic (exact) mass is 898 g/mol. The van der Waals surface area contributed by atoms with Crippen LogP contribution >= 0.6 is 11.3 Å². The highest BCUT2D eigenvalue weighted by molar-refractivity contribution is 7.25. The summed E-state index contributed by atoms with van der Waals surface area (Å²) in [6.07, 6.45) is 2.29. The molecule has 0 atom stereocenters. The van der Waals surface area contributed by atoms with Gasteiger partial charge in [-0.25, -0.2) is 0 Å². The van der Waals surface area contributed by atoms with Crippen molar-refractivity contribution >= 4 is 111 Å². The molecular formula is C62H51BN2O2S. The van der Waals surface area contributed by atoms with E-state index in [1.807, 2.05) is 11.3 Å². The Morgan fingerprint density at radius 2 is 1.25 bits per heavy atom. The number of anilines is 5. The van der Waals surface area contributed by atoms with Gasteiger partial charge in [0, 0.05) is 70.2 Å². The summed E-state index contributed by atoms with van der Waals surface area (Å²) in [6, 6.07) is 59.0. The predicted molar refractivity (Wildman–Crippen MR) is 290 cm³/mol. The van der Waals surface area contributed by atoms with Gasteiger partial charge in [-0.1, -0.05) is 139 Å². The number of benzene rings is 8. The number of thiophene rings is 1. The van der Waals surface area contributed by atoms with Crippen LogP contribution in [0.2, 0.25) is 0 Å². The highest BCUT2D eigenvalue weighted by atomic mass is 32.1. The Labute approximate surface area is 401 Å². The summed E-state index contributed by atoms with van der Waals surface area (Å²) in [6.45, 7) is 16.2. The first kappa shape index (κ1) is 40.1. The van der Waals surface area contributed by atoms with E-state index >= 15 is 0 Å². The minimum Gasteiger partial charge on any atom is -0.466 e. The molecule has 6 heteroatoms. The molecule has 0 saturated heterocycles. The van der Waals surface area contributed by atoms with E-state index < -0.39 is 0 Å². The standard InChI is InChI=1S/C62H51BN2O2S/c1-60(2,3)38-22-24-39(25-23-38)65-49-35-54-43(42-18-12-14-20-53(42)68-54)33-45(49)55-56-50(34-44-41-17-11-13-19-51(41)66-58(44)55)64(40-26-27-47-48(32-40)62(6,7)30-29-61(47,4)5)57-46-31-37(36-15-9-8-10-16-36)21-28-52(46)67-59(57)63(56)65/h8-28,31-35H,29-30H2,1-7H3. The lowest BCUT2D eigenvalue weighted by molar-refractivity contribution is 0.332. The van der Waals surface area contributed by atoms with Gasteiger partial charge in [0.1, 0.15) is 22.4 Å². The quantitative estimate of drug-likeness (QED) is 0.165. The van der Waals surface area contributed by atoms with Crippen molar-refractivity contribution in [1.82, 2.24) is 0 Å². The molecule has 1 aliphatic carbocycles. The van der Waals surface area contributed by atoms with E-state index in [1.54, 1.807) is 0 Å². The highest BCUT2D eigenvalue weighted by Crippen LogP contribution is 2.55. The molecule has 14 rings (SSSR count). The molecule has 4 nitrogen and oxygen atoms in total. The van der Waals surface area contributed by atoms with Crippen molar-refractivity contribution in [3.05, 3.63) is 174 Å². The second-order valence-corrected chi connectivity index (χ2v) is 23.0. The molecule has 0 unspecified atom stereocenters. The summed E-state index contributed by atoms with van der Waals surface area (Å²) in [7, 11) is 0. The van der Waals surface area contributed by atoms with Gasteiger partial charge >= 0.3 is 6.85 Å². The van der Waals surface area contributed by atoms with Gasteiger partial charge in [0.25, 0.3) is 0 Å². The Balaban J connectivity index is 1.16. The lowest BCUT2D eigenvalue weighted by Gasteiger charge is -2.45. The van der Waals surface area contributed by atoms with Gasteiger partial charge in [-0.2, -0.15) is 0 Å².